The summed E-state index contributed by atoms with van der Waals surface area (Å²) < 4.78 is 5.88. The molecule has 2 aromatic heterocycles. The molecule has 0 fully saturated rings. The van der Waals surface area contributed by atoms with Gasteiger partial charge in [-0.25, -0.2) is 4.98 Å². The van der Waals surface area contributed by atoms with Crippen LogP contribution in [0.1, 0.15) is 45.7 Å². The van der Waals surface area contributed by atoms with Gasteiger partial charge in [-0.05, 0) is 35.4 Å². The fourth-order valence-corrected chi connectivity index (χ4v) is 4.58. The van der Waals surface area contributed by atoms with Crippen molar-refractivity contribution in [3.05, 3.63) is 84.4 Å². The Morgan fingerprint density at radius 3 is 2.33 bits per heavy atom. The third-order valence-corrected chi connectivity index (χ3v) is 6.13. The first-order valence-electron chi connectivity index (χ1n) is 11.6. The Morgan fingerprint density at radius 1 is 0.889 bits per heavy atom. The van der Waals surface area contributed by atoms with Crippen LogP contribution in [0.25, 0.3) is 44.3 Å². The summed E-state index contributed by atoms with van der Waals surface area (Å²) in [7, 11) is 0. The first-order chi connectivity index (χ1) is 15.8. The van der Waals surface area contributed by atoms with Crippen LogP contribution < -0.4 is 0 Å². The van der Waals surface area contributed by atoms with Crippen molar-refractivity contribution in [2.45, 2.75) is 46.5 Å². The van der Waals surface area contributed by atoms with Crippen molar-refractivity contribution in [2.75, 3.05) is 0 Å². The molecule has 36 heavy (non-hydrogen) atoms. The smallest absolute Gasteiger partial charge is 0.137 e. The van der Waals surface area contributed by atoms with Crippen LogP contribution in [-0.4, -0.2) is 20.9 Å². The van der Waals surface area contributed by atoms with E-state index in [1.807, 2.05) is 6.07 Å². The van der Waals surface area contributed by atoms with Gasteiger partial charge in [-0.3, -0.25) is 4.98 Å². The minimum Gasteiger partial charge on any atom is -0.464 e. The van der Waals surface area contributed by atoms with Crippen molar-refractivity contribution in [3.8, 4) is 22.5 Å². The summed E-state index contributed by atoms with van der Waals surface area (Å²) in [6.45, 7) is 11.2. The predicted octanol–water partition coefficient (Wildman–Crippen LogP) is 6.35. The Bertz CT molecular complexity index is 1470. The van der Waals surface area contributed by atoms with Gasteiger partial charge < -0.3 is 15.4 Å². The SMILES string of the molecule is CC(C)Cc1ccc(-c2cc(-c3[c-]c4ccccc4c(C(C)(C)C)c3)ncn2)c2ccoc12.O.O.[Ir]. The Kier molecular flexibility index (Phi) is 9.33. The van der Waals surface area contributed by atoms with Gasteiger partial charge in [-0.15, -0.1) is 29.1 Å². The molecule has 0 unspecified atom stereocenters. The van der Waals surface area contributed by atoms with Crippen molar-refractivity contribution >= 4 is 21.7 Å². The Hall–Kier alpha value is -2.89. The van der Waals surface area contributed by atoms with Gasteiger partial charge >= 0.3 is 0 Å². The second-order valence-corrected chi connectivity index (χ2v) is 10.2. The van der Waals surface area contributed by atoms with Crippen LogP contribution >= 0.6 is 0 Å². The van der Waals surface area contributed by atoms with Crippen molar-refractivity contribution in [3.63, 3.8) is 0 Å². The van der Waals surface area contributed by atoms with E-state index in [0.717, 1.165) is 45.3 Å². The van der Waals surface area contributed by atoms with Gasteiger partial charge in [-0.1, -0.05) is 75.9 Å². The third kappa shape index (κ3) is 5.58. The average molecular weight is 662 g/mol. The van der Waals surface area contributed by atoms with Crippen molar-refractivity contribution in [1.82, 2.24) is 9.97 Å². The van der Waals surface area contributed by atoms with Crippen LogP contribution in [0.4, 0.5) is 0 Å². The number of furan rings is 1. The molecule has 0 saturated heterocycles. The van der Waals surface area contributed by atoms with E-state index in [1.165, 1.54) is 16.5 Å². The fourth-order valence-electron chi connectivity index (χ4n) is 4.58. The van der Waals surface area contributed by atoms with Gasteiger partial charge in [0.25, 0.3) is 0 Å². The molecule has 0 aliphatic rings. The maximum absolute atomic E-state index is 5.88. The molecule has 191 valence electrons. The van der Waals surface area contributed by atoms with E-state index in [9.17, 15) is 0 Å². The van der Waals surface area contributed by atoms with Gasteiger partial charge in [0.05, 0.1) is 12.0 Å². The summed E-state index contributed by atoms with van der Waals surface area (Å²) in [4.78, 5) is 9.25. The molecule has 3 aromatic carbocycles. The van der Waals surface area contributed by atoms with E-state index in [1.54, 1.807) is 12.6 Å². The molecule has 4 N–H and O–H groups in total. The minimum absolute atomic E-state index is 0. The van der Waals surface area contributed by atoms with Crippen LogP contribution in [0.3, 0.4) is 0 Å². The quantitative estimate of drug-likeness (QED) is 0.210. The molecular weight excluding hydrogens is 629 g/mol. The maximum Gasteiger partial charge on any atom is 0.137 e. The summed E-state index contributed by atoms with van der Waals surface area (Å²) in [5.74, 6) is 0.565. The molecule has 0 spiro atoms. The van der Waals surface area contributed by atoms with Gasteiger partial charge in [0, 0.05) is 36.7 Å². The Labute approximate surface area is 226 Å². The van der Waals surface area contributed by atoms with Crippen LogP contribution in [0, 0.1) is 12.0 Å². The summed E-state index contributed by atoms with van der Waals surface area (Å²) in [5.41, 5.74) is 7.31. The number of aromatic nitrogens is 2. The molecule has 5 rings (SSSR count). The molecule has 6 heteroatoms. The van der Waals surface area contributed by atoms with E-state index in [0.29, 0.717) is 5.92 Å². The second kappa shape index (κ2) is 11.4. The van der Waals surface area contributed by atoms with Crippen molar-refractivity contribution in [2.24, 2.45) is 5.92 Å². The van der Waals surface area contributed by atoms with Gasteiger partial charge in [-0.2, -0.15) is 0 Å². The number of hydrogen-bond acceptors (Lipinski definition) is 3. The molecule has 0 bridgehead atoms. The normalized spacial score (nSPS) is 11.2. The number of rotatable bonds is 4. The van der Waals surface area contributed by atoms with Crippen molar-refractivity contribution < 1.29 is 35.5 Å². The molecule has 0 aliphatic carbocycles. The third-order valence-electron chi connectivity index (χ3n) is 6.13. The number of benzene rings is 3. The minimum atomic E-state index is 0. The zero-order chi connectivity index (χ0) is 23.2. The van der Waals surface area contributed by atoms with E-state index in [4.69, 9.17) is 4.42 Å². The molecular formula is C30H33IrN2O3-. The molecule has 5 nitrogen and oxygen atoms in total. The van der Waals surface area contributed by atoms with Crippen LogP contribution in [-0.2, 0) is 31.9 Å². The number of fused-ring (bicyclic) bond motifs is 2. The molecule has 0 atom stereocenters. The summed E-state index contributed by atoms with van der Waals surface area (Å²) in [6, 6.07) is 22.7. The summed E-state index contributed by atoms with van der Waals surface area (Å²) in [5, 5.41) is 3.44. The standard InChI is InChI=1S/C30H29N2O.Ir.2H2O/c1-19(2)14-21-10-11-24(25-12-13-33-29(21)25)28-17-27(31-18-32-28)22-15-20-8-6-7-9-23(20)26(16-22)30(3,4)5;;;/h6-13,16-19H,14H2,1-5H3;;2*1H2/q-1;;;. The zero-order valence-corrected chi connectivity index (χ0v) is 23.7. The molecule has 0 aliphatic heterocycles. The summed E-state index contributed by atoms with van der Waals surface area (Å²) in [6.07, 6.45) is 4.41. The maximum atomic E-state index is 5.88. The molecule has 1 radical (unpaired) electrons. The Balaban J connectivity index is 0.00000152. The van der Waals surface area contributed by atoms with E-state index < -0.39 is 0 Å². The molecule has 2 heterocycles. The van der Waals surface area contributed by atoms with Crippen molar-refractivity contribution in [1.29, 1.82) is 0 Å². The fraction of sp³-hybridized carbons (Fsp3) is 0.267. The summed E-state index contributed by atoms with van der Waals surface area (Å²) >= 11 is 0. The Morgan fingerprint density at radius 2 is 1.61 bits per heavy atom. The van der Waals surface area contributed by atoms with E-state index >= 15 is 0 Å². The molecule has 0 amide bonds. The largest absolute Gasteiger partial charge is 0.464 e. The average Bonchev–Trinajstić information content (AvgIpc) is 3.28. The first kappa shape index (κ1) is 29.3. The second-order valence-electron chi connectivity index (χ2n) is 10.2. The monoisotopic (exact) mass is 662 g/mol. The predicted molar refractivity (Wildman–Crippen MR) is 143 cm³/mol. The van der Waals surface area contributed by atoms with E-state index in [-0.39, 0.29) is 36.5 Å². The van der Waals surface area contributed by atoms with Crippen LogP contribution in [0.2, 0.25) is 0 Å². The van der Waals surface area contributed by atoms with Crippen LogP contribution in [0.15, 0.2) is 71.6 Å². The molecule has 0 saturated carbocycles. The zero-order valence-electron chi connectivity index (χ0n) is 21.3. The number of nitrogens with zero attached hydrogens (tertiary/aromatic N) is 2. The van der Waals surface area contributed by atoms with Crippen LogP contribution in [0.5, 0.6) is 0 Å². The molecule has 5 aromatic rings. The van der Waals surface area contributed by atoms with E-state index in [2.05, 4.69) is 99.2 Å². The topological polar surface area (TPSA) is 102 Å². The number of hydrogen-bond donors (Lipinski definition) is 0. The van der Waals surface area contributed by atoms with Gasteiger partial charge in [0.15, 0.2) is 0 Å². The van der Waals surface area contributed by atoms with Gasteiger partial charge in [0.1, 0.15) is 11.9 Å². The van der Waals surface area contributed by atoms with Gasteiger partial charge in [0.2, 0.25) is 0 Å². The first-order valence-corrected chi connectivity index (χ1v) is 11.6.